The Morgan fingerprint density at radius 2 is 1.95 bits per heavy atom. The minimum atomic E-state index is -1.47. The van der Waals surface area contributed by atoms with E-state index in [-0.39, 0.29) is 12.1 Å². The van der Waals surface area contributed by atoms with E-state index in [1.54, 1.807) is 13.8 Å². The van der Waals surface area contributed by atoms with Gasteiger partial charge < -0.3 is 10.4 Å². The summed E-state index contributed by atoms with van der Waals surface area (Å²) < 4.78 is 40.6. The maximum Gasteiger partial charge on any atom is 0.310 e. The van der Waals surface area contributed by atoms with Crippen LogP contribution in [-0.2, 0) is 11.2 Å². The van der Waals surface area contributed by atoms with Crippen molar-refractivity contribution in [2.75, 3.05) is 6.54 Å². The topological polar surface area (TPSA) is 49.3 Å². The summed E-state index contributed by atoms with van der Waals surface area (Å²) in [6.45, 7) is 3.74. The van der Waals surface area contributed by atoms with Gasteiger partial charge in [0.15, 0.2) is 17.5 Å². The molecule has 0 amide bonds. The molecule has 1 unspecified atom stereocenters. The third-order valence-corrected chi connectivity index (χ3v) is 4.83. The Morgan fingerprint density at radius 3 is 2.50 bits per heavy atom. The van der Waals surface area contributed by atoms with Gasteiger partial charge in [-0.1, -0.05) is 13.8 Å². The Kier molecular flexibility index (Phi) is 4.80. The largest absolute Gasteiger partial charge is 0.481 e. The molecule has 0 saturated carbocycles. The van der Waals surface area contributed by atoms with Crippen LogP contribution >= 0.6 is 0 Å². The lowest BCUT2D eigenvalue weighted by molar-refractivity contribution is -0.149. The number of benzene rings is 1. The van der Waals surface area contributed by atoms with Gasteiger partial charge in [-0.2, -0.15) is 0 Å². The number of hydrogen-bond acceptors (Lipinski definition) is 2. The molecule has 6 heteroatoms. The minimum absolute atomic E-state index is 0.130. The van der Waals surface area contributed by atoms with Gasteiger partial charge in [0.1, 0.15) is 0 Å². The monoisotopic (exact) mass is 315 g/mol. The second-order valence-electron chi connectivity index (χ2n) is 5.82. The van der Waals surface area contributed by atoms with Gasteiger partial charge in [0.2, 0.25) is 0 Å². The lowest BCUT2D eigenvalue weighted by atomic mass is 9.82. The standard InChI is InChI=1S/C16H20F3NO2/c1-3-16(4-2,15(21)22)8-20-11-6-5-9-7-10(17)13(18)14(19)12(9)11/h7,11,20H,3-6,8H2,1-2H3,(H,21,22). The number of aryl methyl sites for hydroxylation is 1. The van der Waals surface area contributed by atoms with Gasteiger partial charge in [0.05, 0.1) is 5.41 Å². The van der Waals surface area contributed by atoms with Crippen LogP contribution in [0, 0.1) is 22.9 Å². The molecule has 22 heavy (non-hydrogen) atoms. The van der Waals surface area contributed by atoms with Crippen LogP contribution < -0.4 is 5.32 Å². The predicted molar refractivity (Wildman–Crippen MR) is 76.0 cm³/mol. The fraction of sp³-hybridized carbons (Fsp3) is 0.562. The molecule has 3 nitrogen and oxygen atoms in total. The van der Waals surface area contributed by atoms with Gasteiger partial charge in [-0.3, -0.25) is 4.79 Å². The van der Waals surface area contributed by atoms with Crippen LogP contribution in [-0.4, -0.2) is 17.6 Å². The van der Waals surface area contributed by atoms with E-state index in [4.69, 9.17) is 0 Å². The summed E-state index contributed by atoms with van der Waals surface area (Å²) in [6, 6.07) is 0.543. The first-order valence-electron chi connectivity index (χ1n) is 7.49. The van der Waals surface area contributed by atoms with Crippen LogP contribution in [0.5, 0.6) is 0 Å². The Morgan fingerprint density at radius 1 is 1.32 bits per heavy atom. The zero-order valence-electron chi connectivity index (χ0n) is 12.7. The van der Waals surface area contributed by atoms with Gasteiger partial charge in [-0.15, -0.1) is 0 Å². The zero-order chi connectivity index (χ0) is 16.5. The molecule has 1 aliphatic rings. The summed E-state index contributed by atoms with van der Waals surface area (Å²) in [5.74, 6) is -4.73. The van der Waals surface area contributed by atoms with Crippen LogP contribution in [0.3, 0.4) is 0 Å². The van der Waals surface area contributed by atoms with Crippen LogP contribution in [0.2, 0.25) is 0 Å². The van der Waals surface area contributed by atoms with E-state index in [2.05, 4.69) is 5.32 Å². The lowest BCUT2D eigenvalue weighted by Crippen LogP contribution is -2.41. The molecule has 1 aliphatic carbocycles. The molecule has 0 bridgehead atoms. The molecule has 0 aromatic heterocycles. The zero-order valence-corrected chi connectivity index (χ0v) is 12.7. The second kappa shape index (κ2) is 6.28. The summed E-state index contributed by atoms with van der Waals surface area (Å²) in [5.41, 5.74) is -0.356. The number of carbonyl (C=O) groups is 1. The first-order chi connectivity index (χ1) is 10.4. The van der Waals surface area contributed by atoms with Crippen molar-refractivity contribution in [3.63, 3.8) is 0 Å². The van der Waals surface area contributed by atoms with Crippen molar-refractivity contribution in [3.05, 3.63) is 34.6 Å². The number of nitrogens with one attached hydrogen (secondary N) is 1. The van der Waals surface area contributed by atoms with Crippen molar-refractivity contribution in [3.8, 4) is 0 Å². The van der Waals surface area contributed by atoms with Gasteiger partial charge >= 0.3 is 5.97 Å². The molecule has 0 aliphatic heterocycles. The van der Waals surface area contributed by atoms with Crippen molar-refractivity contribution >= 4 is 5.97 Å². The van der Waals surface area contributed by atoms with E-state index in [1.165, 1.54) is 0 Å². The van der Waals surface area contributed by atoms with Crippen molar-refractivity contribution in [1.82, 2.24) is 5.32 Å². The van der Waals surface area contributed by atoms with Gasteiger partial charge in [-0.25, -0.2) is 13.2 Å². The quantitative estimate of drug-likeness (QED) is 0.789. The van der Waals surface area contributed by atoms with Crippen molar-refractivity contribution < 1.29 is 23.1 Å². The summed E-state index contributed by atoms with van der Waals surface area (Å²) in [7, 11) is 0. The molecule has 0 saturated heterocycles. The van der Waals surface area contributed by atoms with E-state index in [9.17, 15) is 23.1 Å². The van der Waals surface area contributed by atoms with E-state index in [0.717, 1.165) is 6.07 Å². The number of rotatable bonds is 6. The summed E-state index contributed by atoms with van der Waals surface area (Å²) >= 11 is 0. The molecule has 1 atom stereocenters. The lowest BCUT2D eigenvalue weighted by Gasteiger charge is -2.29. The van der Waals surface area contributed by atoms with Crippen molar-refractivity contribution in [2.45, 2.75) is 45.6 Å². The maximum absolute atomic E-state index is 14.0. The molecular formula is C16H20F3NO2. The highest BCUT2D eigenvalue weighted by Crippen LogP contribution is 2.36. The van der Waals surface area contributed by atoms with Crippen LogP contribution in [0.1, 0.15) is 50.3 Å². The summed E-state index contributed by atoms with van der Waals surface area (Å²) in [4.78, 5) is 11.5. The highest BCUT2D eigenvalue weighted by atomic mass is 19.2. The predicted octanol–water partition coefficient (Wildman–Crippen LogP) is 3.57. The Hall–Kier alpha value is -1.56. The fourth-order valence-corrected chi connectivity index (χ4v) is 3.09. The molecular weight excluding hydrogens is 295 g/mol. The number of hydrogen-bond donors (Lipinski definition) is 2. The number of halogens is 3. The first-order valence-corrected chi connectivity index (χ1v) is 7.49. The number of carboxylic acid groups (broad SMARTS) is 1. The molecule has 2 N–H and O–H groups in total. The average Bonchev–Trinajstić information content (AvgIpc) is 2.89. The number of fused-ring (bicyclic) bond motifs is 1. The molecule has 1 aromatic rings. The Bertz CT molecular complexity index is 585. The SMILES string of the molecule is CCC(CC)(CNC1CCc2cc(F)c(F)c(F)c21)C(=O)O. The molecule has 0 fully saturated rings. The molecule has 0 heterocycles. The summed E-state index contributed by atoms with van der Waals surface area (Å²) in [5, 5.41) is 12.4. The highest BCUT2D eigenvalue weighted by molar-refractivity contribution is 5.74. The third kappa shape index (κ3) is 2.72. The van der Waals surface area contributed by atoms with Gasteiger partial charge in [0.25, 0.3) is 0 Å². The first kappa shape index (κ1) is 16.8. The smallest absolute Gasteiger partial charge is 0.310 e. The Balaban J connectivity index is 2.22. The minimum Gasteiger partial charge on any atom is -0.481 e. The third-order valence-electron chi connectivity index (χ3n) is 4.83. The van der Waals surface area contributed by atoms with Gasteiger partial charge in [-0.05, 0) is 37.3 Å². The number of carboxylic acids is 1. The average molecular weight is 315 g/mol. The molecule has 1 aromatic carbocycles. The van der Waals surface area contributed by atoms with Crippen molar-refractivity contribution in [2.24, 2.45) is 5.41 Å². The maximum atomic E-state index is 14.0. The number of aliphatic carboxylic acids is 1. The second-order valence-corrected chi connectivity index (χ2v) is 5.82. The highest BCUT2D eigenvalue weighted by Gasteiger charge is 2.37. The summed E-state index contributed by atoms with van der Waals surface area (Å²) in [6.07, 6.45) is 1.81. The Labute approximate surface area is 127 Å². The van der Waals surface area contributed by atoms with Crippen molar-refractivity contribution in [1.29, 1.82) is 0 Å². The van der Waals surface area contributed by atoms with E-state index in [1.807, 2.05) is 0 Å². The fourth-order valence-electron chi connectivity index (χ4n) is 3.09. The van der Waals surface area contributed by atoms with E-state index in [0.29, 0.717) is 31.2 Å². The van der Waals surface area contributed by atoms with Crippen LogP contribution in [0.25, 0.3) is 0 Å². The molecule has 0 radical (unpaired) electrons. The molecule has 0 spiro atoms. The van der Waals surface area contributed by atoms with Crippen LogP contribution in [0.4, 0.5) is 13.2 Å². The van der Waals surface area contributed by atoms with E-state index >= 15 is 0 Å². The normalized spacial score (nSPS) is 17.6. The molecule has 2 rings (SSSR count). The molecule has 122 valence electrons. The van der Waals surface area contributed by atoms with Gasteiger partial charge in [0, 0.05) is 18.2 Å². The van der Waals surface area contributed by atoms with Crippen LogP contribution in [0.15, 0.2) is 6.07 Å². The van der Waals surface area contributed by atoms with E-state index < -0.39 is 34.9 Å².